The van der Waals surface area contributed by atoms with E-state index in [1.54, 1.807) is 13.3 Å². The van der Waals surface area contributed by atoms with Crippen molar-refractivity contribution in [3.63, 3.8) is 0 Å². The van der Waals surface area contributed by atoms with Crippen molar-refractivity contribution in [1.82, 2.24) is 15.0 Å². The first-order chi connectivity index (χ1) is 12.6. The van der Waals surface area contributed by atoms with Crippen LogP contribution >= 0.6 is 0 Å². The molecule has 0 bridgehead atoms. The third-order valence-corrected chi connectivity index (χ3v) is 4.53. The van der Waals surface area contributed by atoms with Crippen LogP contribution in [0.5, 0.6) is 5.75 Å². The molecule has 0 aliphatic carbocycles. The zero-order chi connectivity index (χ0) is 18.5. The van der Waals surface area contributed by atoms with Crippen LogP contribution in [0.2, 0.25) is 0 Å². The maximum Gasteiger partial charge on any atom is 0.180 e. The Morgan fingerprint density at radius 2 is 1.77 bits per heavy atom. The quantitative estimate of drug-likeness (QED) is 0.677. The van der Waals surface area contributed by atoms with Crippen molar-refractivity contribution >= 4 is 5.82 Å². The Kier molecular flexibility index (Phi) is 5.46. The van der Waals surface area contributed by atoms with E-state index >= 15 is 0 Å². The lowest BCUT2D eigenvalue weighted by Crippen LogP contribution is -2.23. The number of hydrogen-bond donors (Lipinski definition) is 0. The molecule has 2 aromatic heterocycles. The molecule has 0 N–H and O–H groups in total. The molecule has 3 rings (SSSR count). The Hall–Kier alpha value is -2.95. The van der Waals surface area contributed by atoms with Gasteiger partial charge < -0.3 is 9.64 Å². The molecule has 0 aliphatic rings. The molecule has 0 radical (unpaired) electrons. The molecule has 1 aromatic carbocycles. The SMILES string of the molecule is COc1ccccc1CCN(C)c1nc(-c2ccccn2)nc(C)c1C. The van der Waals surface area contributed by atoms with Gasteiger partial charge in [0.15, 0.2) is 5.82 Å². The maximum atomic E-state index is 5.45. The van der Waals surface area contributed by atoms with Gasteiger partial charge in [0.2, 0.25) is 0 Å². The van der Waals surface area contributed by atoms with E-state index in [0.29, 0.717) is 5.82 Å². The highest BCUT2D eigenvalue weighted by atomic mass is 16.5. The van der Waals surface area contributed by atoms with Gasteiger partial charge in [-0.1, -0.05) is 24.3 Å². The van der Waals surface area contributed by atoms with Crippen molar-refractivity contribution in [2.75, 3.05) is 25.6 Å². The fraction of sp³-hybridized carbons (Fsp3) is 0.286. The van der Waals surface area contributed by atoms with Crippen molar-refractivity contribution in [1.29, 1.82) is 0 Å². The van der Waals surface area contributed by atoms with Crippen LogP contribution in [0, 0.1) is 13.8 Å². The van der Waals surface area contributed by atoms with Gasteiger partial charge in [-0.15, -0.1) is 0 Å². The first-order valence-corrected chi connectivity index (χ1v) is 8.70. The Bertz CT molecular complexity index is 880. The average Bonchev–Trinajstić information content (AvgIpc) is 2.69. The van der Waals surface area contributed by atoms with Crippen LogP contribution in [0.25, 0.3) is 11.5 Å². The number of nitrogens with zero attached hydrogens (tertiary/aromatic N) is 4. The molecule has 0 saturated heterocycles. The van der Waals surface area contributed by atoms with Gasteiger partial charge in [0.05, 0.1) is 7.11 Å². The van der Waals surface area contributed by atoms with Crippen molar-refractivity contribution < 1.29 is 4.74 Å². The summed E-state index contributed by atoms with van der Waals surface area (Å²) in [7, 11) is 3.77. The van der Waals surface area contributed by atoms with Crippen LogP contribution < -0.4 is 9.64 Å². The Morgan fingerprint density at radius 3 is 2.50 bits per heavy atom. The lowest BCUT2D eigenvalue weighted by atomic mass is 10.1. The van der Waals surface area contributed by atoms with Gasteiger partial charge in [-0.25, -0.2) is 9.97 Å². The monoisotopic (exact) mass is 348 g/mol. The van der Waals surface area contributed by atoms with E-state index in [1.165, 1.54) is 5.56 Å². The summed E-state index contributed by atoms with van der Waals surface area (Å²) in [5.41, 5.74) is 4.04. The third kappa shape index (κ3) is 3.82. The summed E-state index contributed by atoms with van der Waals surface area (Å²) >= 11 is 0. The predicted molar refractivity (Wildman–Crippen MR) is 105 cm³/mol. The molecule has 2 heterocycles. The number of ether oxygens (including phenoxy) is 1. The van der Waals surface area contributed by atoms with Crippen molar-refractivity contribution in [2.24, 2.45) is 0 Å². The Morgan fingerprint density at radius 1 is 1.00 bits per heavy atom. The highest BCUT2D eigenvalue weighted by Gasteiger charge is 2.14. The second-order valence-electron chi connectivity index (χ2n) is 6.28. The zero-order valence-corrected chi connectivity index (χ0v) is 15.7. The number of aryl methyl sites for hydroxylation is 1. The summed E-state index contributed by atoms with van der Waals surface area (Å²) in [4.78, 5) is 15.9. The first-order valence-electron chi connectivity index (χ1n) is 8.70. The second kappa shape index (κ2) is 7.95. The van der Waals surface area contributed by atoms with Gasteiger partial charge in [-0.05, 0) is 44.0 Å². The summed E-state index contributed by atoms with van der Waals surface area (Å²) in [6, 6.07) is 13.9. The highest BCUT2D eigenvalue weighted by molar-refractivity contribution is 5.57. The number of likely N-dealkylation sites (N-methyl/N-ethyl adjacent to an activating group) is 1. The molecular formula is C21H24N4O. The minimum atomic E-state index is 0.660. The zero-order valence-electron chi connectivity index (χ0n) is 15.7. The average molecular weight is 348 g/mol. The summed E-state index contributed by atoms with van der Waals surface area (Å²) < 4.78 is 5.45. The van der Waals surface area contributed by atoms with Gasteiger partial charge in [-0.3, -0.25) is 4.98 Å². The smallest absolute Gasteiger partial charge is 0.180 e. The van der Waals surface area contributed by atoms with E-state index in [2.05, 4.69) is 34.9 Å². The predicted octanol–water partition coefficient (Wildman–Crippen LogP) is 3.84. The largest absolute Gasteiger partial charge is 0.496 e. The summed E-state index contributed by atoms with van der Waals surface area (Å²) in [6.07, 6.45) is 2.64. The van der Waals surface area contributed by atoms with Gasteiger partial charge >= 0.3 is 0 Å². The Labute approximate surface area is 154 Å². The number of aromatic nitrogens is 3. The van der Waals surface area contributed by atoms with E-state index in [1.807, 2.05) is 43.3 Å². The van der Waals surface area contributed by atoms with Crippen molar-refractivity contribution in [2.45, 2.75) is 20.3 Å². The van der Waals surface area contributed by atoms with Crippen LogP contribution in [0.1, 0.15) is 16.8 Å². The standard InChI is InChI=1S/C21H24N4O/c1-15-16(2)23-20(18-10-7-8-13-22-18)24-21(15)25(3)14-12-17-9-5-6-11-19(17)26-4/h5-11,13H,12,14H2,1-4H3. The molecule has 0 unspecified atom stereocenters. The maximum absolute atomic E-state index is 5.45. The number of rotatable bonds is 6. The molecule has 26 heavy (non-hydrogen) atoms. The minimum Gasteiger partial charge on any atom is -0.496 e. The van der Waals surface area contributed by atoms with Gasteiger partial charge in [0, 0.05) is 31.0 Å². The minimum absolute atomic E-state index is 0.660. The molecule has 134 valence electrons. The van der Waals surface area contributed by atoms with Crippen LogP contribution in [-0.2, 0) is 6.42 Å². The van der Waals surface area contributed by atoms with E-state index < -0.39 is 0 Å². The highest BCUT2D eigenvalue weighted by Crippen LogP contribution is 2.24. The van der Waals surface area contributed by atoms with Gasteiger partial charge in [0.1, 0.15) is 17.3 Å². The number of para-hydroxylation sites is 1. The second-order valence-corrected chi connectivity index (χ2v) is 6.28. The Balaban J connectivity index is 1.84. The third-order valence-electron chi connectivity index (χ3n) is 4.53. The van der Waals surface area contributed by atoms with E-state index in [0.717, 1.165) is 41.5 Å². The summed E-state index contributed by atoms with van der Waals surface area (Å²) in [5.74, 6) is 2.52. The van der Waals surface area contributed by atoms with E-state index in [4.69, 9.17) is 9.72 Å². The van der Waals surface area contributed by atoms with Gasteiger partial charge in [0.25, 0.3) is 0 Å². The fourth-order valence-electron chi connectivity index (χ4n) is 2.90. The van der Waals surface area contributed by atoms with Gasteiger partial charge in [-0.2, -0.15) is 0 Å². The number of hydrogen-bond acceptors (Lipinski definition) is 5. The van der Waals surface area contributed by atoms with Crippen LogP contribution in [0.3, 0.4) is 0 Å². The lowest BCUT2D eigenvalue weighted by Gasteiger charge is -2.22. The summed E-state index contributed by atoms with van der Waals surface area (Å²) in [6.45, 7) is 4.91. The number of pyridine rings is 1. The molecular weight excluding hydrogens is 324 g/mol. The molecule has 0 fully saturated rings. The molecule has 5 nitrogen and oxygen atoms in total. The van der Waals surface area contributed by atoms with Crippen LogP contribution in [0.4, 0.5) is 5.82 Å². The van der Waals surface area contributed by atoms with E-state index in [9.17, 15) is 0 Å². The van der Waals surface area contributed by atoms with E-state index in [-0.39, 0.29) is 0 Å². The van der Waals surface area contributed by atoms with Crippen molar-refractivity contribution in [3.05, 3.63) is 65.5 Å². The molecule has 0 saturated carbocycles. The topological polar surface area (TPSA) is 51.1 Å². The fourth-order valence-corrected chi connectivity index (χ4v) is 2.90. The number of methoxy groups -OCH3 is 1. The van der Waals surface area contributed by atoms with Crippen LogP contribution in [-0.4, -0.2) is 35.7 Å². The molecule has 0 amide bonds. The van der Waals surface area contributed by atoms with Crippen LogP contribution in [0.15, 0.2) is 48.7 Å². The van der Waals surface area contributed by atoms with Crippen molar-refractivity contribution in [3.8, 4) is 17.3 Å². The lowest BCUT2D eigenvalue weighted by molar-refractivity contribution is 0.409. The molecule has 3 aromatic rings. The molecule has 0 spiro atoms. The molecule has 0 aliphatic heterocycles. The first kappa shape index (κ1) is 17.9. The number of benzene rings is 1. The molecule has 5 heteroatoms. The molecule has 0 atom stereocenters. The summed E-state index contributed by atoms with van der Waals surface area (Å²) in [5, 5.41) is 0. The normalized spacial score (nSPS) is 10.6. The number of anilines is 1.